The molecule has 10 nitrogen and oxygen atoms in total. The highest BCUT2D eigenvalue weighted by atomic mass is 16.7. The van der Waals surface area contributed by atoms with Gasteiger partial charge in [0.2, 0.25) is 0 Å². The molecule has 0 spiro atoms. The van der Waals surface area contributed by atoms with Crippen molar-refractivity contribution in [2.75, 3.05) is 13.7 Å². The summed E-state index contributed by atoms with van der Waals surface area (Å²) >= 11 is 0. The number of amides is 3. The van der Waals surface area contributed by atoms with E-state index in [1.165, 1.54) is 23.3 Å². The monoisotopic (exact) mass is 371 g/mol. The Kier molecular flexibility index (Phi) is 4.04. The lowest BCUT2D eigenvalue weighted by molar-refractivity contribution is -0.146. The molecular weight excluding hydrogens is 354 g/mol. The molecule has 2 aliphatic heterocycles. The molecule has 10 heteroatoms. The molecule has 2 aromatic rings. The summed E-state index contributed by atoms with van der Waals surface area (Å²) in [7, 11) is 1.23. The first-order chi connectivity index (χ1) is 13.0. The maximum atomic E-state index is 12.8. The van der Waals surface area contributed by atoms with E-state index < -0.39 is 30.1 Å². The van der Waals surface area contributed by atoms with Gasteiger partial charge in [0.15, 0.2) is 6.04 Å². The maximum absolute atomic E-state index is 12.8. The van der Waals surface area contributed by atoms with Gasteiger partial charge in [-0.25, -0.2) is 14.4 Å². The highest BCUT2D eigenvalue weighted by Gasteiger charge is 2.53. The number of carbonyl (C=O) groups excluding carboxylic acids is 3. The van der Waals surface area contributed by atoms with Gasteiger partial charge in [0.1, 0.15) is 18.3 Å². The lowest BCUT2D eigenvalue weighted by atomic mass is 9.98. The van der Waals surface area contributed by atoms with Crippen LogP contribution in [0.4, 0.5) is 9.59 Å². The number of hydrogen-bond acceptors (Lipinski definition) is 6. The van der Waals surface area contributed by atoms with Gasteiger partial charge in [0, 0.05) is 11.8 Å². The van der Waals surface area contributed by atoms with E-state index in [0.29, 0.717) is 5.56 Å². The minimum atomic E-state index is -1.06. The third-order valence-corrected chi connectivity index (χ3v) is 4.65. The first-order valence-electron chi connectivity index (χ1n) is 8.25. The number of nitrogens with two attached hydrogens (primary N) is 1. The molecule has 3 amide bonds. The van der Waals surface area contributed by atoms with E-state index >= 15 is 0 Å². The average Bonchev–Trinajstić information content (AvgIpc) is 3.23. The van der Waals surface area contributed by atoms with Crippen LogP contribution in [0.15, 0.2) is 36.5 Å². The number of rotatable bonds is 4. The lowest BCUT2D eigenvalue weighted by Crippen LogP contribution is -2.39. The van der Waals surface area contributed by atoms with Gasteiger partial charge < -0.3 is 15.4 Å². The van der Waals surface area contributed by atoms with Gasteiger partial charge >= 0.3 is 18.0 Å². The van der Waals surface area contributed by atoms with Crippen LogP contribution in [-0.4, -0.2) is 51.4 Å². The molecule has 2 atom stereocenters. The van der Waals surface area contributed by atoms with E-state index in [2.05, 4.69) is 5.10 Å². The molecule has 0 aliphatic carbocycles. The van der Waals surface area contributed by atoms with Crippen LogP contribution in [0.2, 0.25) is 0 Å². The fourth-order valence-electron chi connectivity index (χ4n) is 3.38. The predicted molar refractivity (Wildman–Crippen MR) is 89.9 cm³/mol. The van der Waals surface area contributed by atoms with Crippen LogP contribution >= 0.6 is 0 Å². The highest BCUT2D eigenvalue weighted by molar-refractivity contribution is 5.88. The zero-order valence-electron chi connectivity index (χ0n) is 14.4. The summed E-state index contributed by atoms with van der Waals surface area (Å²) in [5.74, 6) is -0.650. The number of hydroxylamine groups is 2. The van der Waals surface area contributed by atoms with E-state index in [-0.39, 0.29) is 18.8 Å². The number of fused-ring (bicyclic) bond motifs is 4. The lowest BCUT2D eigenvalue weighted by Gasteiger charge is -2.27. The van der Waals surface area contributed by atoms with Crippen LogP contribution in [0, 0.1) is 0 Å². The summed E-state index contributed by atoms with van der Waals surface area (Å²) in [5.41, 5.74) is 6.97. The molecule has 2 aliphatic rings. The molecule has 1 aromatic carbocycles. The largest absolute Gasteiger partial charge is 0.467 e. The molecule has 1 aromatic heterocycles. The number of urea groups is 1. The molecular formula is C17H17N5O5. The number of aromatic nitrogens is 2. The number of ether oxygens (including phenoxy) is 1. The van der Waals surface area contributed by atoms with Crippen molar-refractivity contribution in [2.45, 2.75) is 18.7 Å². The SMILES string of the molecule is COC(=O)C1c2nn(C(N)=O)cc2C2CN1C(=O)N2OCc1ccccc1. The van der Waals surface area contributed by atoms with Crippen LogP contribution in [0.5, 0.6) is 0 Å². The number of benzene rings is 1. The highest BCUT2D eigenvalue weighted by Crippen LogP contribution is 2.43. The molecule has 1 saturated heterocycles. The van der Waals surface area contributed by atoms with Crippen molar-refractivity contribution >= 4 is 18.0 Å². The van der Waals surface area contributed by atoms with Crippen molar-refractivity contribution in [3.8, 4) is 0 Å². The number of carbonyl (C=O) groups is 3. The summed E-state index contributed by atoms with van der Waals surface area (Å²) in [5, 5.41) is 5.30. The van der Waals surface area contributed by atoms with Gasteiger partial charge in [0.25, 0.3) is 0 Å². The predicted octanol–water partition coefficient (Wildman–Crippen LogP) is 0.948. The quantitative estimate of drug-likeness (QED) is 0.799. The Morgan fingerprint density at radius 2 is 2.04 bits per heavy atom. The third kappa shape index (κ3) is 2.70. The number of esters is 1. The van der Waals surface area contributed by atoms with Crippen molar-refractivity contribution in [1.82, 2.24) is 19.7 Å². The van der Waals surface area contributed by atoms with Gasteiger partial charge in [-0.1, -0.05) is 30.3 Å². The van der Waals surface area contributed by atoms with Crippen LogP contribution in [0.3, 0.4) is 0 Å². The van der Waals surface area contributed by atoms with Crippen LogP contribution in [-0.2, 0) is 21.0 Å². The fourth-order valence-corrected chi connectivity index (χ4v) is 3.38. The van der Waals surface area contributed by atoms with E-state index in [1.807, 2.05) is 30.3 Å². The van der Waals surface area contributed by atoms with Crippen molar-refractivity contribution in [1.29, 1.82) is 0 Å². The molecule has 140 valence electrons. The van der Waals surface area contributed by atoms with Crippen molar-refractivity contribution in [2.24, 2.45) is 5.73 Å². The minimum Gasteiger partial charge on any atom is -0.467 e. The Hall–Kier alpha value is -3.40. The molecule has 4 rings (SSSR count). The van der Waals surface area contributed by atoms with E-state index in [9.17, 15) is 14.4 Å². The normalized spacial score (nSPS) is 20.6. The standard InChI is InChI=1S/C17H17N5O5/c1-26-15(23)14-13-11(7-21(19-13)16(18)24)12-8-20(14)17(25)22(12)27-9-10-5-3-2-4-6-10/h2-7,12,14H,8-9H2,1H3,(H2,18,24). The van der Waals surface area contributed by atoms with Gasteiger partial charge in [-0.05, 0) is 5.56 Å². The summed E-state index contributed by atoms with van der Waals surface area (Å²) < 4.78 is 5.77. The Bertz CT molecular complexity index is 912. The zero-order valence-corrected chi connectivity index (χ0v) is 14.4. The Labute approximate surface area is 154 Å². The van der Waals surface area contributed by atoms with Gasteiger partial charge in [-0.2, -0.15) is 14.8 Å². The van der Waals surface area contributed by atoms with Gasteiger partial charge in [-0.3, -0.25) is 4.84 Å². The van der Waals surface area contributed by atoms with Crippen LogP contribution in [0.25, 0.3) is 0 Å². The molecule has 1 fully saturated rings. The molecule has 0 radical (unpaired) electrons. The Morgan fingerprint density at radius 3 is 2.70 bits per heavy atom. The average molecular weight is 371 g/mol. The van der Waals surface area contributed by atoms with Crippen molar-refractivity contribution < 1.29 is 24.0 Å². The molecule has 2 bridgehead atoms. The molecule has 27 heavy (non-hydrogen) atoms. The van der Waals surface area contributed by atoms with Gasteiger partial charge in [-0.15, -0.1) is 0 Å². The smallest absolute Gasteiger partial charge is 0.345 e. The summed E-state index contributed by atoms with van der Waals surface area (Å²) in [6.45, 7) is 0.393. The van der Waals surface area contributed by atoms with E-state index in [1.54, 1.807) is 0 Å². The second kappa shape index (κ2) is 6.40. The molecule has 0 saturated carbocycles. The Morgan fingerprint density at radius 1 is 1.30 bits per heavy atom. The second-order valence-corrected chi connectivity index (χ2v) is 6.21. The maximum Gasteiger partial charge on any atom is 0.345 e. The first kappa shape index (κ1) is 17.0. The Balaban J connectivity index is 1.68. The van der Waals surface area contributed by atoms with Gasteiger partial charge in [0.05, 0.1) is 13.7 Å². The molecule has 2 unspecified atom stereocenters. The number of primary amides is 1. The van der Waals surface area contributed by atoms with E-state index in [0.717, 1.165) is 10.2 Å². The number of methoxy groups -OCH3 is 1. The first-order valence-corrected chi connectivity index (χ1v) is 8.25. The van der Waals surface area contributed by atoms with Crippen molar-refractivity contribution in [3.63, 3.8) is 0 Å². The van der Waals surface area contributed by atoms with Crippen LogP contribution < -0.4 is 5.73 Å². The number of hydrogen-bond donors (Lipinski definition) is 1. The minimum absolute atomic E-state index is 0.180. The summed E-state index contributed by atoms with van der Waals surface area (Å²) in [6, 6.07) is 6.56. The summed E-state index contributed by atoms with van der Waals surface area (Å²) in [6.07, 6.45) is 1.42. The topological polar surface area (TPSA) is 120 Å². The zero-order chi connectivity index (χ0) is 19.1. The summed E-state index contributed by atoms with van der Waals surface area (Å²) in [4.78, 5) is 43.7. The number of nitrogens with zero attached hydrogens (tertiary/aromatic N) is 4. The third-order valence-electron chi connectivity index (χ3n) is 4.65. The molecule has 3 heterocycles. The fraction of sp³-hybridized carbons (Fsp3) is 0.294. The van der Waals surface area contributed by atoms with Crippen molar-refractivity contribution in [3.05, 3.63) is 53.3 Å². The molecule has 2 N–H and O–H groups in total. The second-order valence-electron chi connectivity index (χ2n) is 6.21. The van der Waals surface area contributed by atoms with Crippen LogP contribution in [0.1, 0.15) is 28.9 Å². The van der Waals surface area contributed by atoms with E-state index in [4.69, 9.17) is 15.3 Å².